The molecule has 2 aromatic rings. The van der Waals surface area contributed by atoms with Crippen LogP contribution in [0, 0.1) is 0 Å². The second kappa shape index (κ2) is 5.81. The number of aromatic nitrogens is 4. The van der Waals surface area contributed by atoms with Crippen LogP contribution < -0.4 is 5.32 Å². The fraction of sp³-hybridized carbons (Fsp3) is 0.0909. The lowest BCUT2D eigenvalue weighted by molar-refractivity contribution is 0.102. The van der Waals surface area contributed by atoms with Crippen LogP contribution in [0.1, 0.15) is 10.4 Å². The molecule has 1 aromatic carbocycles. The van der Waals surface area contributed by atoms with Crippen molar-refractivity contribution in [1.29, 1.82) is 0 Å². The molecule has 0 aliphatic heterocycles. The molecule has 0 radical (unpaired) electrons. The van der Waals surface area contributed by atoms with Crippen LogP contribution in [-0.4, -0.2) is 26.1 Å². The van der Waals surface area contributed by atoms with E-state index in [1.807, 2.05) is 0 Å². The molecule has 8 heteroatoms. The molecule has 6 nitrogen and oxygen atoms in total. The average Bonchev–Trinajstić information content (AvgIpc) is 2.80. The fourth-order valence-corrected chi connectivity index (χ4v) is 1.72. The third kappa shape index (κ3) is 3.10. The maximum absolute atomic E-state index is 12.0. The zero-order chi connectivity index (χ0) is 13.8. The summed E-state index contributed by atoms with van der Waals surface area (Å²) in [5, 5.41) is 14.3. The quantitative estimate of drug-likeness (QED) is 0.880. The first-order chi connectivity index (χ1) is 9.11. The highest BCUT2D eigenvalue weighted by Crippen LogP contribution is 2.25. The third-order valence-electron chi connectivity index (χ3n) is 2.17. The first-order valence-corrected chi connectivity index (χ1v) is 6.01. The molecule has 0 unspecified atom stereocenters. The Morgan fingerprint density at radius 1 is 1.47 bits per heavy atom. The number of hydrogen-bond donors (Lipinski definition) is 1. The summed E-state index contributed by atoms with van der Waals surface area (Å²) in [5.74, 6) is -0.367. The number of carbonyl (C=O) groups excluding carboxylic acids is 1. The molecule has 1 aromatic heterocycles. The fourth-order valence-electron chi connectivity index (χ4n) is 1.33. The maximum atomic E-state index is 12.0. The Morgan fingerprint density at radius 2 is 2.26 bits per heavy atom. The van der Waals surface area contributed by atoms with Gasteiger partial charge in [-0.05, 0) is 17.3 Å². The number of anilines is 1. The summed E-state index contributed by atoms with van der Waals surface area (Å²) < 4.78 is 0. The van der Waals surface area contributed by atoms with E-state index >= 15 is 0 Å². The molecule has 0 aliphatic carbocycles. The van der Waals surface area contributed by atoms with Crippen molar-refractivity contribution in [2.24, 2.45) is 0 Å². The zero-order valence-electron chi connectivity index (χ0n) is 9.68. The standard InChI is InChI=1S/C11H9Cl2N5O/c1-2-6-18-16-11(15-17-18)14-10(19)7-4-3-5-8(12)9(7)13/h2-5H,1,6H2,(H,14,16,19). The van der Waals surface area contributed by atoms with E-state index in [2.05, 4.69) is 27.3 Å². The summed E-state index contributed by atoms with van der Waals surface area (Å²) in [5.41, 5.74) is 0.245. The summed E-state index contributed by atoms with van der Waals surface area (Å²) in [4.78, 5) is 13.3. The van der Waals surface area contributed by atoms with Gasteiger partial charge in [-0.3, -0.25) is 10.1 Å². The summed E-state index contributed by atoms with van der Waals surface area (Å²) in [6.45, 7) is 3.95. The molecule has 0 atom stereocenters. The molecule has 0 bridgehead atoms. The van der Waals surface area contributed by atoms with Gasteiger partial charge in [0.15, 0.2) is 0 Å². The van der Waals surface area contributed by atoms with E-state index in [1.165, 1.54) is 4.80 Å². The highest BCUT2D eigenvalue weighted by Gasteiger charge is 2.14. The maximum Gasteiger partial charge on any atom is 0.270 e. The number of nitrogens with zero attached hydrogens (tertiary/aromatic N) is 4. The first kappa shape index (κ1) is 13.5. The van der Waals surface area contributed by atoms with Crippen molar-refractivity contribution in [3.8, 4) is 0 Å². The van der Waals surface area contributed by atoms with Gasteiger partial charge >= 0.3 is 0 Å². The Hall–Kier alpha value is -1.92. The van der Waals surface area contributed by atoms with Gasteiger partial charge in [0.1, 0.15) is 0 Å². The lowest BCUT2D eigenvalue weighted by atomic mass is 10.2. The molecule has 0 spiro atoms. The zero-order valence-corrected chi connectivity index (χ0v) is 11.2. The minimum Gasteiger partial charge on any atom is -0.288 e. The van der Waals surface area contributed by atoms with Crippen molar-refractivity contribution in [3.05, 3.63) is 46.5 Å². The van der Waals surface area contributed by atoms with Crippen molar-refractivity contribution in [3.63, 3.8) is 0 Å². The average molecular weight is 298 g/mol. The molecule has 0 fully saturated rings. The Balaban J connectivity index is 2.16. The van der Waals surface area contributed by atoms with Gasteiger partial charge in [0.25, 0.3) is 11.9 Å². The van der Waals surface area contributed by atoms with Gasteiger partial charge in [0.2, 0.25) is 0 Å². The van der Waals surface area contributed by atoms with Crippen LogP contribution in [0.2, 0.25) is 10.0 Å². The van der Waals surface area contributed by atoms with Gasteiger partial charge in [-0.25, -0.2) is 0 Å². The van der Waals surface area contributed by atoms with Crippen LogP contribution in [0.3, 0.4) is 0 Å². The van der Waals surface area contributed by atoms with Crippen LogP contribution in [0.4, 0.5) is 5.95 Å². The minimum absolute atomic E-state index is 0.0860. The van der Waals surface area contributed by atoms with E-state index in [0.29, 0.717) is 11.6 Å². The normalized spacial score (nSPS) is 10.2. The van der Waals surface area contributed by atoms with Crippen molar-refractivity contribution < 1.29 is 4.79 Å². The molecule has 19 heavy (non-hydrogen) atoms. The van der Waals surface area contributed by atoms with E-state index in [9.17, 15) is 4.79 Å². The highest BCUT2D eigenvalue weighted by atomic mass is 35.5. The second-order valence-electron chi connectivity index (χ2n) is 3.51. The summed E-state index contributed by atoms with van der Waals surface area (Å²) >= 11 is 11.8. The summed E-state index contributed by atoms with van der Waals surface area (Å²) in [6, 6.07) is 4.78. The Kier molecular flexibility index (Phi) is 4.13. The van der Waals surface area contributed by atoms with Crippen molar-refractivity contribution in [2.75, 3.05) is 5.32 Å². The second-order valence-corrected chi connectivity index (χ2v) is 4.30. The Bertz CT molecular complexity index is 625. The molecule has 0 saturated heterocycles. The number of halogens is 2. The van der Waals surface area contributed by atoms with E-state index < -0.39 is 5.91 Å². The Labute approximate surface area is 119 Å². The van der Waals surface area contributed by atoms with Crippen molar-refractivity contribution in [2.45, 2.75) is 6.54 Å². The number of nitrogens with one attached hydrogen (secondary N) is 1. The first-order valence-electron chi connectivity index (χ1n) is 5.26. The number of rotatable bonds is 4. The lowest BCUT2D eigenvalue weighted by Gasteiger charge is -2.04. The molecule has 1 heterocycles. The van der Waals surface area contributed by atoms with Crippen LogP contribution in [0.5, 0.6) is 0 Å². The van der Waals surface area contributed by atoms with E-state index in [0.717, 1.165) is 0 Å². The number of amides is 1. The summed E-state index contributed by atoms with van der Waals surface area (Å²) in [7, 11) is 0. The van der Waals surface area contributed by atoms with Gasteiger partial charge in [-0.2, -0.15) is 4.80 Å². The van der Waals surface area contributed by atoms with Gasteiger partial charge in [0.05, 0.1) is 22.2 Å². The predicted molar refractivity (Wildman–Crippen MR) is 72.4 cm³/mol. The van der Waals surface area contributed by atoms with Crippen molar-refractivity contribution >= 4 is 35.1 Å². The highest BCUT2D eigenvalue weighted by molar-refractivity contribution is 6.44. The number of tetrazole rings is 1. The molecule has 1 amide bonds. The number of carbonyl (C=O) groups is 1. The number of hydrogen-bond acceptors (Lipinski definition) is 4. The van der Waals surface area contributed by atoms with E-state index in [1.54, 1.807) is 24.3 Å². The summed E-state index contributed by atoms with van der Waals surface area (Å²) in [6.07, 6.45) is 1.61. The topological polar surface area (TPSA) is 72.7 Å². The van der Waals surface area contributed by atoms with Crippen LogP contribution in [-0.2, 0) is 6.54 Å². The molecule has 0 saturated carbocycles. The number of benzene rings is 1. The Morgan fingerprint density at radius 3 is 3.00 bits per heavy atom. The molecule has 0 aliphatic rings. The van der Waals surface area contributed by atoms with E-state index in [4.69, 9.17) is 23.2 Å². The van der Waals surface area contributed by atoms with Crippen LogP contribution in [0.15, 0.2) is 30.9 Å². The SMILES string of the molecule is C=CCn1nnc(NC(=O)c2cccc(Cl)c2Cl)n1. The molecule has 98 valence electrons. The molecular formula is C11H9Cl2N5O. The van der Waals surface area contributed by atoms with Gasteiger partial charge in [0, 0.05) is 0 Å². The molecule has 1 N–H and O–H groups in total. The molecule has 2 rings (SSSR count). The van der Waals surface area contributed by atoms with E-state index in [-0.39, 0.29) is 16.5 Å². The van der Waals surface area contributed by atoms with Crippen molar-refractivity contribution in [1.82, 2.24) is 20.2 Å². The third-order valence-corrected chi connectivity index (χ3v) is 2.99. The lowest BCUT2D eigenvalue weighted by Crippen LogP contribution is -2.14. The van der Waals surface area contributed by atoms with Gasteiger partial charge < -0.3 is 0 Å². The minimum atomic E-state index is -0.453. The predicted octanol–water partition coefficient (Wildman–Crippen LogP) is 2.42. The smallest absolute Gasteiger partial charge is 0.270 e. The monoisotopic (exact) mass is 297 g/mol. The molecular weight excluding hydrogens is 289 g/mol. The van der Waals surface area contributed by atoms with Crippen LogP contribution >= 0.6 is 23.2 Å². The number of allylic oxidation sites excluding steroid dienone is 1. The van der Waals surface area contributed by atoms with Gasteiger partial charge in [-0.15, -0.1) is 11.7 Å². The van der Waals surface area contributed by atoms with Gasteiger partial charge in [-0.1, -0.05) is 40.4 Å². The van der Waals surface area contributed by atoms with Crippen LogP contribution in [0.25, 0.3) is 0 Å². The largest absolute Gasteiger partial charge is 0.288 e.